The van der Waals surface area contributed by atoms with Crippen LogP contribution in [-0.2, 0) is 20.5 Å². The molecule has 180 valence electrons. The fraction of sp³-hybridized carbons (Fsp3) is 0.321. The molecule has 0 aromatic heterocycles. The highest BCUT2D eigenvalue weighted by Gasteiger charge is 2.34. The first-order chi connectivity index (χ1) is 16.1. The van der Waals surface area contributed by atoms with E-state index in [1.807, 2.05) is 94.4 Å². The summed E-state index contributed by atoms with van der Waals surface area (Å²) in [6.07, 6.45) is 0. The van der Waals surface area contributed by atoms with E-state index in [9.17, 15) is 9.00 Å². The van der Waals surface area contributed by atoms with Crippen LogP contribution < -0.4 is 4.72 Å². The van der Waals surface area contributed by atoms with E-state index in [1.165, 1.54) is 0 Å². The minimum Gasteiger partial charge on any atom is -0.460 e. The van der Waals surface area contributed by atoms with Crippen LogP contribution in [0.2, 0.25) is 0 Å². The van der Waals surface area contributed by atoms with Crippen molar-refractivity contribution in [2.75, 3.05) is 5.75 Å². The molecule has 0 aliphatic rings. The van der Waals surface area contributed by atoms with E-state index in [1.54, 1.807) is 11.8 Å². The third-order valence-corrected chi connectivity index (χ3v) is 7.71. The van der Waals surface area contributed by atoms with Crippen LogP contribution in [0.3, 0.4) is 0 Å². The minimum atomic E-state index is -1.50. The predicted molar refractivity (Wildman–Crippen MR) is 141 cm³/mol. The Kier molecular flexibility index (Phi) is 9.11. The number of hydrogen-bond acceptors (Lipinski definition) is 4. The van der Waals surface area contributed by atoms with Gasteiger partial charge in [-0.05, 0) is 63.9 Å². The number of hydrogen-bond donors (Lipinski definition) is 1. The van der Waals surface area contributed by atoms with Crippen LogP contribution in [0, 0.1) is 19.8 Å². The Balaban J connectivity index is 1.95. The molecule has 34 heavy (non-hydrogen) atoms. The highest BCUT2D eigenvalue weighted by atomic mass is 32.2. The van der Waals surface area contributed by atoms with E-state index in [0.717, 1.165) is 21.6 Å². The van der Waals surface area contributed by atoms with Crippen LogP contribution >= 0.6 is 11.8 Å². The van der Waals surface area contributed by atoms with Crippen molar-refractivity contribution in [3.8, 4) is 0 Å². The maximum absolute atomic E-state index is 13.5. The molecule has 0 amide bonds. The lowest BCUT2D eigenvalue weighted by atomic mass is 9.95. The lowest BCUT2D eigenvalue weighted by molar-refractivity contribution is -0.160. The summed E-state index contributed by atoms with van der Waals surface area (Å²) < 4.78 is 22.4. The quantitative estimate of drug-likeness (QED) is 0.275. The van der Waals surface area contributed by atoms with E-state index in [4.69, 9.17) is 4.74 Å². The smallest absolute Gasteiger partial charge is 0.312 e. The molecule has 6 heteroatoms. The summed E-state index contributed by atoms with van der Waals surface area (Å²) in [7, 11) is -1.50. The number of benzene rings is 3. The fourth-order valence-electron chi connectivity index (χ4n) is 3.46. The molecule has 3 atom stereocenters. The number of carbonyl (C=O) groups is 1. The fourth-order valence-corrected chi connectivity index (χ4v) is 5.67. The summed E-state index contributed by atoms with van der Waals surface area (Å²) in [4.78, 5) is 15.2. The van der Waals surface area contributed by atoms with E-state index in [2.05, 4.69) is 23.8 Å². The molecule has 0 radical (unpaired) electrons. The van der Waals surface area contributed by atoms with Crippen molar-refractivity contribution in [3.05, 3.63) is 95.6 Å². The second-order valence-electron chi connectivity index (χ2n) is 9.30. The summed E-state index contributed by atoms with van der Waals surface area (Å²) in [5.74, 6) is -0.381. The molecule has 4 nitrogen and oxygen atoms in total. The van der Waals surface area contributed by atoms with Gasteiger partial charge in [-0.3, -0.25) is 4.79 Å². The molecule has 1 N–H and O–H groups in total. The van der Waals surface area contributed by atoms with Crippen molar-refractivity contribution in [2.45, 2.75) is 56.1 Å². The molecular weight excluding hydrogens is 462 g/mol. The van der Waals surface area contributed by atoms with Gasteiger partial charge in [-0.25, -0.2) is 8.93 Å². The van der Waals surface area contributed by atoms with Crippen molar-refractivity contribution in [3.63, 3.8) is 0 Å². The standard InChI is InChI=1S/C28H33NO3S2/c1-20-15-17-23(18-16-20)34(31)29-26(22-12-7-6-8-13-22)24(27(30)32-28(3,4)5)19-33-25-14-10-9-11-21(25)2/h6-18,24,26,29H,19H2,1-5H3/t24-,26-,34-/m0/s1. The molecule has 0 bridgehead atoms. The summed E-state index contributed by atoms with van der Waals surface area (Å²) in [5, 5.41) is 0. The van der Waals surface area contributed by atoms with Gasteiger partial charge in [-0.1, -0.05) is 66.2 Å². The number of esters is 1. The molecule has 0 heterocycles. The third-order valence-electron chi connectivity index (χ3n) is 5.25. The largest absolute Gasteiger partial charge is 0.460 e. The maximum Gasteiger partial charge on any atom is 0.312 e. The number of ether oxygens (including phenoxy) is 1. The molecule has 3 aromatic carbocycles. The zero-order valence-electron chi connectivity index (χ0n) is 20.4. The van der Waals surface area contributed by atoms with Crippen molar-refractivity contribution >= 4 is 28.7 Å². The Labute approximate surface area is 210 Å². The van der Waals surface area contributed by atoms with Crippen LogP contribution in [0.15, 0.2) is 88.7 Å². The molecule has 0 saturated carbocycles. The zero-order chi connectivity index (χ0) is 24.7. The maximum atomic E-state index is 13.5. The first-order valence-electron chi connectivity index (χ1n) is 11.3. The summed E-state index contributed by atoms with van der Waals surface area (Å²) in [5.41, 5.74) is 2.52. The number of nitrogens with one attached hydrogen (secondary N) is 1. The Hall–Kier alpha value is -2.41. The number of aryl methyl sites for hydroxylation is 2. The highest BCUT2D eigenvalue weighted by Crippen LogP contribution is 2.33. The summed E-state index contributed by atoms with van der Waals surface area (Å²) >= 11 is 1.62. The molecule has 0 spiro atoms. The Morgan fingerprint density at radius 3 is 2.18 bits per heavy atom. The van der Waals surface area contributed by atoms with Crippen LogP contribution in [0.25, 0.3) is 0 Å². The van der Waals surface area contributed by atoms with Crippen molar-refractivity contribution in [1.82, 2.24) is 4.72 Å². The van der Waals surface area contributed by atoms with Gasteiger partial charge < -0.3 is 4.74 Å². The third kappa shape index (κ3) is 7.55. The van der Waals surface area contributed by atoms with Gasteiger partial charge in [0.05, 0.1) is 16.9 Å². The zero-order valence-corrected chi connectivity index (χ0v) is 22.0. The van der Waals surface area contributed by atoms with Gasteiger partial charge in [0.25, 0.3) is 0 Å². The van der Waals surface area contributed by atoms with Gasteiger partial charge in [0.1, 0.15) is 16.6 Å². The lowest BCUT2D eigenvalue weighted by Gasteiger charge is -2.30. The summed E-state index contributed by atoms with van der Waals surface area (Å²) in [6.45, 7) is 9.65. The highest BCUT2D eigenvalue weighted by molar-refractivity contribution is 7.99. The average molecular weight is 496 g/mol. The van der Waals surface area contributed by atoms with E-state index in [0.29, 0.717) is 10.6 Å². The van der Waals surface area contributed by atoms with E-state index >= 15 is 0 Å². The number of thioether (sulfide) groups is 1. The lowest BCUT2D eigenvalue weighted by Crippen LogP contribution is -2.39. The summed E-state index contributed by atoms with van der Waals surface area (Å²) in [6, 6.07) is 24.9. The number of rotatable bonds is 9. The monoisotopic (exact) mass is 495 g/mol. The number of carbonyl (C=O) groups excluding carboxylic acids is 1. The molecule has 3 rings (SSSR count). The Bertz CT molecular complexity index is 1110. The molecule has 0 unspecified atom stereocenters. The minimum absolute atomic E-state index is 0.309. The molecule has 3 aromatic rings. The first kappa shape index (κ1) is 26.2. The van der Waals surface area contributed by atoms with Crippen LogP contribution in [0.1, 0.15) is 43.5 Å². The van der Waals surface area contributed by atoms with Crippen LogP contribution in [0.4, 0.5) is 0 Å². The van der Waals surface area contributed by atoms with Crippen molar-refractivity contribution in [1.29, 1.82) is 0 Å². The molecule has 0 aliphatic carbocycles. The van der Waals surface area contributed by atoms with Crippen molar-refractivity contribution < 1.29 is 13.7 Å². The topological polar surface area (TPSA) is 55.4 Å². The van der Waals surface area contributed by atoms with Crippen LogP contribution in [-0.4, -0.2) is 21.5 Å². The van der Waals surface area contributed by atoms with Gasteiger partial charge in [0.15, 0.2) is 0 Å². The Morgan fingerprint density at radius 1 is 0.941 bits per heavy atom. The second kappa shape index (κ2) is 11.8. The Morgan fingerprint density at radius 2 is 1.56 bits per heavy atom. The van der Waals surface area contributed by atoms with Gasteiger partial charge in [0, 0.05) is 10.6 Å². The van der Waals surface area contributed by atoms with E-state index < -0.39 is 28.5 Å². The van der Waals surface area contributed by atoms with Gasteiger partial charge in [-0.2, -0.15) is 0 Å². The van der Waals surface area contributed by atoms with Gasteiger partial charge in [0.2, 0.25) is 0 Å². The van der Waals surface area contributed by atoms with Gasteiger partial charge >= 0.3 is 5.97 Å². The molecule has 0 aliphatic heterocycles. The predicted octanol–water partition coefficient (Wildman–Crippen LogP) is 6.41. The molecule has 0 saturated heterocycles. The average Bonchev–Trinajstić information content (AvgIpc) is 2.79. The van der Waals surface area contributed by atoms with Crippen molar-refractivity contribution in [2.24, 2.45) is 5.92 Å². The normalized spacial score (nSPS) is 14.3. The van der Waals surface area contributed by atoms with E-state index in [-0.39, 0.29) is 5.97 Å². The van der Waals surface area contributed by atoms with Gasteiger partial charge in [-0.15, -0.1) is 11.8 Å². The van der Waals surface area contributed by atoms with Crippen LogP contribution in [0.5, 0.6) is 0 Å². The molecule has 0 fully saturated rings. The second-order valence-corrected chi connectivity index (χ2v) is 11.6. The SMILES string of the molecule is Cc1ccc([S@](=O)N[C@@H](c2ccccc2)[C@H](CSc2ccccc2C)C(=O)OC(C)(C)C)cc1. The molecular formula is C28H33NO3S2. The first-order valence-corrected chi connectivity index (χ1v) is 13.5.